The largest absolute Gasteiger partial charge is 0.497 e. The van der Waals surface area contributed by atoms with Crippen LogP contribution >= 0.6 is 0 Å². The van der Waals surface area contributed by atoms with Crippen LogP contribution in [0.3, 0.4) is 0 Å². The van der Waals surface area contributed by atoms with Crippen molar-refractivity contribution in [1.82, 2.24) is 14.1 Å². The fraction of sp³-hybridized carbons (Fsp3) is 0.154. The highest BCUT2D eigenvalue weighted by Gasteiger charge is 2.17. The summed E-state index contributed by atoms with van der Waals surface area (Å²) >= 11 is 0. The number of aryl methyl sites for hydroxylation is 1. The van der Waals surface area contributed by atoms with E-state index in [0.717, 1.165) is 38.9 Å². The lowest BCUT2D eigenvalue weighted by molar-refractivity contribution is 0.414. The van der Waals surface area contributed by atoms with Crippen molar-refractivity contribution in [2.45, 2.75) is 20.0 Å². The number of hydrogen-bond donors (Lipinski definition) is 0. The molecule has 0 saturated heterocycles. The van der Waals surface area contributed by atoms with Gasteiger partial charge in [0.15, 0.2) is 0 Å². The predicted octanol–water partition coefficient (Wildman–Crippen LogP) is 4.76. The van der Waals surface area contributed by atoms with Crippen molar-refractivity contribution < 1.29 is 4.74 Å². The molecule has 31 heavy (non-hydrogen) atoms. The molecule has 5 nitrogen and oxygen atoms in total. The van der Waals surface area contributed by atoms with Gasteiger partial charge in [-0.3, -0.25) is 9.36 Å². The highest BCUT2D eigenvalue weighted by atomic mass is 16.5. The third kappa shape index (κ3) is 3.48. The maximum absolute atomic E-state index is 13.6. The van der Waals surface area contributed by atoms with E-state index in [0.29, 0.717) is 18.6 Å². The Morgan fingerprint density at radius 3 is 2.52 bits per heavy atom. The maximum atomic E-state index is 13.6. The van der Waals surface area contributed by atoms with Crippen LogP contribution in [0.5, 0.6) is 5.75 Å². The van der Waals surface area contributed by atoms with E-state index in [1.807, 2.05) is 54.6 Å². The summed E-state index contributed by atoms with van der Waals surface area (Å²) in [6.07, 6.45) is 1.66. The minimum absolute atomic E-state index is 0.0365. The number of fused-ring (bicyclic) bond motifs is 3. The molecule has 3 aromatic carbocycles. The summed E-state index contributed by atoms with van der Waals surface area (Å²) in [5.41, 5.74) is 5.62. The minimum Gasteiger partial charge on any atom is -0.497 e. The fourth-order valence-corrected chi connectivity index (χ4v) is 4.12. The van der Waals surface area contributed by atoms with E-state index in [2.05, 4.69) is 29.7 Å². The molecule has 0 spiro atoms. The Labute approximate surface area is 180 Å². The van der Waals surface area contributed by atoms with Crippen molar-refractivity contribution in [3.05, 3.63) is 106 Å². The standard InChI is InChI=1S/C26H23N3O2/c1-18-11-12-23-22(13-18)24-25(29(23)16-20-9-6-10-21(14-20)31-2)26(30)28(17-27-24)15-19-7-4-3-5-8-19/h3-14,17H,15-16H2,1-2H3. The number of methoxy groups -OCH3 is 1. The Hall–Kier alpha value is -3.86. The van der Waals surface area contributed by atoms with Crippen molar-refractivity contribution >= 4 is 21.9 Å². The Kier molecular flexibility index (Phi) is 4.79. The normalized spacial score (nSPS) is 11.3. The van der Waals surface area contributed by atoms with Crippen LogP contribution in [0.4, 0.5) is 0 Å². The van der Waals surface area contributed by atoms with Gasteiger partial charge < -0.3 is 9.30 Å². The van der Waals surface area contributed by atoms with Crippen LogP contribution < -0.4 is 10.3 Å². The van der Waals surface area contributed by atoms with Crippen LogP contribution in [0.15, 0.2) is 83.9 Å². The van der Waals surface area contributed by atoms with E-state index in [-0.39, 0.29) is 5.56 Å². The highest BCUT2D eigenvalue weighted by Crippen LogP contribution is 2.28. The summed E-state index contributed by atoms with van der Waals surface area (Å²) < 4.78 is 9.15. The first-order valence-electron chi connectivity index (χ1n) is 10.3. The first-order valence-corrected chi connectivity index (χ1v) is 10.3. The molecular formula is C26H23N3O2. The molecule has 5 heteroatoms. The maximum Gasteiger partial charge on any atom is 0.278 e. The van der Waals surface area contributed by atoms with Crippen molar-refractivity contribution in [3.63, 3.8) is 0 Å². The summed E-state index contributed by atoms with van der Waals surface area (Å²) in [5.74, 6) is 0.800. The lowest BCUT2D eigenvalue weighted by Gasteiger charge is -2.10. The number of ether oxygens (including phenoxy) is 1. The van der Waals surface area contributed by atoms with Gasteiger partial charge in [-0.25, -0.2) is 4.98 Å². The highest BCUT2D eigenvalue weighted by molar-refractivity contribution is 6.05. The van der Waals surface area contributed by atoms with Crippen molar-refractivity contribution in [2.24, 2.45) is 0 Å². The fourth-order valence-electron chi connectivity index (χ4n) is 4.12. The van der Waals surface area contributed by atoms with Gasteiger partial charge >= 0.3 is 0 Å². The van der Waals surface area contributed by atoms with E-state index in [4.69, 9.17) is 9.72 Å². The van der Waals surface area contributed by atoms with Gasteiger partial charge in [-0.05, 0) is 42.3 Å². The summed E-state index contributed by atoms with van der Waals surface area (Å²) in [6, 6.07) is 24.2. The Morgan fingerprint density at radius 1 is 0.903 bits per heavy atom. The van der Waals surface area contributed by atoms with Crippen molar-refractivity contribution in [2.75, 3.05) is 7.11 Å². The number of aromatic nitrogens is 3. The predicted molar refractivity (Wildman–Crippen MR) is 124 cm³/mol. The lowest BCUT2D eigenvalue weighted by Crippen LogP contribution is -2.23. The van der Waals surface area contributed by atoms with Crippen LogP contribution in [0, 0.1) is 6.92 Å². The Balaban J connectivity index is 1.72. The Morgan fingerprint density at radius 2 is 1.71 bits per heavy atom. The molecule has 0 aliphatic heterocycles. The van der Waals surface area contributed by atoms with Gasteiger partial charge in [-0.1, -0.05) is 54.1 Å². The van der Waals surface area contributed by atoms with Crippen LogP contribution in [0.25, 0.3) is 21.9 Å². The number of hydrogen-bond acceptors (Lipinski definition) is 3. The molecule has 0 radical (unpaired) electrons. The zero-order valence-corrected chi connectivity index (χ0v) is 17.6. The quantitative estimate of drug-likeness (QED) is 0.420. The monoisotopic (exact) mass is 409 g/mol. The third-order valence-corrected chi connectivity index (χ3v) is 5.65. The van der Waals surface area contributed by atoms with Crippen molar-refractivity contribution in [3.8, 4) is 5.75 Å². The molecule has 5 aromatic rings. The first-order chi connectivity index (χ1) is 15.1. The van der Waals surface area contributed by atoms with Gasteiger partial charge in [-0.15, -0.1) is 0 Å². The Bertz CT molecular complexity index is 1450. The first kappa shape index (κ1) is 19.1. The molecule has 0 atom stereocenters. The molecule has 0 N–H and O–H groups in total. The topological polar surface area (TPSA) is 49.0 Å². The SMILES string of the molecule is COc1cccc(Cn2c3ccc(C)cc3c3ncn(Cc4ccccc4)c(=O)c32)c1. The molecule has 0 saturated carbocycles. The molecular weight excluding hydrogens is 386 g/mol. The zero-order valence-electron chi connectivity index (χ0n) is 17.6. The van der Waals surface area contributed by atoms with Gasteiger partial charge in [0.25, 0.3) is 5.56 Å². The molecule has 0 unspecified atom stereocenters. The molecule has 2 heterocycles. The van der Waals surface area contributed by atoms with E-state index >= 15 is 0 Å². The second-order valence-electron chi connectivity index (χ2n) is 7.82. The molecule has 5 rings (SSSR count). The van der Waals surface area contributed by atoms with E-state index in [1.165, 1.54) is 0 Å². The van der Waals surface area contributed by atoms with E-state index < -0.39 is 0 Å². The second-order valence-corrected chi connectivity index (χ2v) is 7.82. The van der Waals surface area contributed by atoms with Crippen LogP contribution in [0.1, 0.15) is 16.7 Å². The molecule has 0 aliphatic rings. The summed E-state index contributed by atoms with van der Waals surface area (Å²) in [5, 5.41) is 1.00. The number of rotatable bonds is 5. The average Bonchev–Trinajstić information content (AvgIpc) is 3.10. The van der Waals surface area contributed by atoms with Crippen molar-refractivity contribution in [1.29, 1.82) is 0 Å². The lowest BCUT2D eigenvalue weighted by atomic mass is 10.1. The molecule has 0 bridgehead atoms. The average molecular weight is 409 g/mol. The minimum atomic E-state index is -0.0365. The van der Waals surface area contributed by atoms with E-state index in [9.17, 15) is 4.79 Å². The van der Waals surface area contributed by atoms with Crippen LogP contribution in [-0.4, -0.2) is 21.2 Å². The van der Waals surface area contributed by atoms with Gasteiger partial charge in [0.05, 0.1) is 25.5 Å². The smallest absolute Gasteiger partial charge is 0.278 e. The summed E-state index contributed by atoms with van der Waals surface area (Å²) in [4.78, 5) is 18.3. The van der Waals surface area contributed by atoms with Gasteiger partial charge in [-0.2, -0.15) is 0 Å². The van der Waals surface area contributed by atoms with Crippen LogP contribution in [-0.2, 0) is 13.1 Å². The molecule has 0 amide bonds. The second kappa shape index (κ2) is 7.76. The van der Waals surface area contributed by atoms with Gasteiger partial charge in [0.2, 0.25) is 0 Å². The third-order valence-electron chi connectivity index (χ3n) is 5.65. The summed E-state index contributed by atoms with van der Waals surface area (Å²) in [7, 11) is 1.66. The number of benzene rings is 3. The van der Waals surface area contributed by atoms with E-state index in [1.54, 1.807) is 18.0 Å². The molecule has 2 aromatic heterocycles. The zero-order chi connectivity index (χ0) is 21.4. The van der Waals surface area contributed by atoms with Gasteiger partial charge in [0.1, 0.15) is 16.8 Å². The molecule has 154 valence electrons. The number of nitrogens with zero attached hydrogens (tertiary/aromatic N) is 3. The van der Waals surface area contributed by atoms with Gasteiger partial charge in [0, 0.05) is 11.9 Å². The molecule has 0 fully saturated rings. The summed E-state index contributed by atoms with van der Waals surface area (Å²) in [6.45, 7) is 3.11. The van der Waals surface area contributed by atoms with Crippen LogP contribution in [0.2, 0.25) is 0 Å². The molecule has 0 aliphatic carbocycles.